The number of allylic oxidation sites excluding steroid dienone is 11. The van der Waals surface area contributed by atoms with Crippen LogP contribution in [0.5, 0.6) is 0 Å². The van der Waals surface area contributed by atoms with Crippen molar-refractivity contribution in [3.8, 4) is 0 Å². The molecule has 10 atom stereocenters. The zero-order valence-electron chi connectivity index (χ0n) is 38.8. The van der Waals surface area contributed by atoms with Crippen LogP contribution in [0.3, 0.4) is 0 Å². The van der Waals surface area contributed by atoms with Crippen molar-refractivity contribution in [2.45, 2.75) is 197 Å². The van der Waals surface area contributed by atoms with Gasteiger partial charge in [-0.2, -0.15) is 0 Å². The van der Waals surface area contributed by atoms with Crippen molar-refractivity contribution >= 4 is 27.6 Å². The van der Waals surface area contributed by atoms with Gasteiger partial charge in [-0.25, -0.2) is 9.13 Å². The maximum absolute atomic E-state index is 13.0. The molecule has 2 rings (SSSR count). The van der Waals surface area contributed by atoms with Gasteiger partial charge in [-0.15, -0.1) is 0 Å². The third-order valence-corrected chi connectivity index (χ3v) is 12.2. The molecule has 19 heteroatoms. The highest BCUT2D eigenvalue weighted by Crippen LogP contribution is 2.49. The molecule has 1 heterocycles. The van der Waals surface area contributed by atoms with Crippen molar-refractivity contribution in [1.82, 2.24) is 0 Å². The predicted molar refractivity (Wildman–Crippen MR) is 250 cm³/mol. The molecule has 378 valence electrons. The van der Waals surface area contributed by atoms with Crippen LogP contribution in [0.2, 0.25) is 0 Å². The molecule has 0 amide bonds. The molecule has 17 nitrogen and oxygen atoms in total. The SMILES string of the molecule is CCCCC/C=C\C/C=C\C/C=C\CCCCC(=O)OC[C@H](COP(=O)(O)O[C@H]1C(O)C(O)C(O)[C@@H](OP(=O)(O)O)C1O)OC(=O)CCC/C=C\C/C=C\C/C=C\CC1OC1CCCCC. The van der Waals surface area contributed by atoms with Crippen LogP contribution in [0.15, 0.2) is 72.9 Å². The minimum Gasteiger partial charge on any atom is -0.462 e. The fraction of sp³-hybridized carbons (Fsp3) is 0.702. The van der Waals surface area contributed by atoms with Gasteiger partial charge in [-0.3, -0.25) is 23.2 Å². The smallest absolute Gasteiger partial charge is 0.462 e. The zero-order valence-corrected chi connectivity index (χ0v) is 40.6. The summed E-state index contributed by atoms with van der Waals surface area (Å²) in [4.78, 5) is 54.2. The van der Waals surface area contributed by atoms with Crippen molar-refractivity contribution in [2.24, 2.45) is 0 Å². The average Bonchev–Trinajstić information content (AvgIpc) is 4.03. The second-order valence-corrected chi connectivity index (χ2v) is 19.1. The molecule has 1 aliphatic carbocycles. The monoisotopic (exact) mass is 976 g/mol. The molecule has 2 fully saturated rings. The number of carbonyl (C=O) groups excluding carboxylic acids is 2. The molecular formula is C47H78O17P2. The van der Waals surface area contributed by atoms with Crippen LogP contribution in [-0.4, -0.2) is 115 Å². The van der Waals surface area contributed by atoms with E-state index in [0.717, 1.165) is 51.4 Å². The summed E-state index contributed by atoms with van der Waals surface area (Å²) in [5.74, 6) is -1.33. The number of hydrogen-bond acceptors (Lipinski definition) is 14. The molecular weight excluding hydrogens is 898 g/mol. The summed E-state index contributed by atoms with van der Waals surface area (Å²) in [6.45, 7) is 2.95. The van der Waals surface area contributed by atoms with Gasteiger partial charge in [0.1, 0.15) is 43.2 Å². The van der Waals surface area contributed by atoms with Crippen LogP contribution in [0, 0.1) is 0 Å². The Morgan fingerprint density at radius 3 is 1.64 bits per heavy atom. The summed E-state index contributed by atoms with van der Waals surface area (Å²) in [6.07, 6.45) is 27.6. The molecule has 66 heavy (non-hydrogen) atoms. The second kappa shape index (κ2) is 34.6. The van der Waals surface area contributed by atoms with E-state index in [9.17, 15) is 53.8 Å². The van der Waals surface area contributed by atoms with E-state index in [4.69, 9.17) is 23.3 Å². The van der Waals surface area contributed by atoms with Crippen molar-refractivity contribution in [1.29, 1.82) is 0 Å². The zero-order chi connectivity index (χ0) is 48.6. The number of phosphoric acid groups is 2. The fourth-order valence-electron chi connectivity index (χ4n) is 6.88. The van der Waals surface area contributed by atoms with Crippen LogP contribution in [-0.2, 0) is 46.5 Å². The maximum Gasteiger partial charge on any atom is 0.472 e. The Morgan fingerprint density at radius 1 is 0.561 bits per heavy atom. The Morgan fingerprint density at radius 2 is 1.06 bits per heavy atom. The maximum atomic E-state index is 13.0. The highest BCUT2D eigenvalue weighted by Gasteiger charge is 2.54. The van der Waals surface area contributed by atoms with Gasteiger partial charge in [0.05, 0.1) is 18.8 Å². The summed E-state index contributed by atoms with van der Waals surface area (Å²) in [6, 6.07) is 0. The van der Waals surface area contributed by atoms with Crippen LogP contribution >= 0.6 is 15.6 Å². The number of phosphoric ester groups is 2. The molecule has 7 unspecified atom stereocenters. The Bertz CT molecular complexity index is 1620. The van der Waals surface area contributed by atoms with Crippen LogP contribution in [0.25, 0.3) is 0 Å². The normalized spacial score (nSPS) is 25.2. The van der Waals surface area contributed by atoms with Gasteiger partial charge in [0.2, 0.25) is 0 Å². The first-order valence-electron chi connectivity index (χ1n) is 23.6. The lowest BCUT2D eigenvalue weighted by Crippen LogP contribution is -2.64. The van der Waals surface area contributed by atoms with Crippen LogP contribution < -0.4 is 0 Å². The Balaban J connectivity index is 1.84. The van der Waals surface area contributed by atoms with Crippen molar-refractivity contribution in [3.63, 3.8) is 0 Å². The summed E-state index contributed by atoms with van der Waals surface area (Å²) in [7, 11) is -10.7. The third kappa shape index (κ3) is 28.0. The molecule has 1 aliphatic heterocycles. The molecule has 0 aromatic carbocycles. The molecule has 0 aromatic rings. The van der Waals surface area contributed by atoms with Crippen LogP contribution in [0.1, 0.15) is 142 Å². The number of esters is 2. The summed E-state index contributed by atoms with van der Waals surface area (Å²) >= 11 is 0. The number of carbonyl (C=O) groups is 2. The lowest BCUT2D eigenvalue weighted by molar-refractivity contribution is -0.216. The van der Waals surface area contributed by atoms with Gasteiger partial charge >= 0.3 is 27.6 Å². The lowest BCUT2D eigenvalue weighted by Gasteiger charge is -2.43. The third-order valence-electron chi connectivity index (χ3n) is 10.7. The molecule has 1 saturated carbocycles. The van der Waals surface area contributed by atoms with Crippen LogP contribution in [0.4, 0.5) is 0 Å². The quantitative estimate of drug-likeness (QED) is 0.0103. The Hall–Kier alpha value is -2.60. The predicted octanol–water partition coefficient (Wildman–Crippen LogP) is 7.83. The van der Waals surface area contributed by atoms with Gasteiger partial charge in [0.25, 0.3) is 0 Å². The number of aliphatic hydroxyl groups is 4. The lowest BCUT2D eigenvalue weighted by atomic mass is 9.85. The molecule has 0 aromatic heterocycles. The highest BCUT2D eigenvalue weighted by molar-refractivity contribution is 7.47. The molecule has 0 spiro atoms. The second-order valence-electron chi connectivity index (χ2n) is 16.5. The van der Waals surface area contributed by atoms with Crippen molar-refractivity contribution < 1.29 is 81.6 Å². The number of ether oxygens (including phenoxy) is 3. The number of epoxide rings is 1. The van der Waals surface area contributed by atoms with Crippen molar-refractivity contribution in [2.75, 3.05) is 13.2 Å². The summed E-state index contributed by atoms with van der Waals surface area (Å²) in [5, 5.41) is 41.2. The van der Waals surface area contributed by atoms with Gasteiger partial charge in [-0.1, -0.05) is 119 Å². The number of rotatable bonds is 37. The molecule has 7 N–H and O–H groups in total. The van der Waals surface area contributed by atoms with Gasteiger partial charge < -0.3 is 49.3 Å². The van der Waals surface area contributed by atoms with E-state index in [1.54, 1.807) is 0 Å². The molecule has 0 radical (unpaired) electrons. The van der Waals surface area contributed by atoms with Gasteiger partial charge in [0.15, 0.2) is 6.10 Å². The minimum atomic E-state index is -5.38. The van der Waals surface area contributed by atoms with E-state index >= 15 is 0 Å². The van der Waals surface area contributed by atoms with Gasteiger partial charge in [0, 0.05) is 12.8 Å². The number of unbranched alkanes of at least 4 members (excludes halogenated alkanes) is 8. The first-order chi connectivity index (χ1) is 31.6. The first-order valence-corrected chi connectivity index (χ1v) is 26.6. The topological polar surface area (TPSA) is 269 Å². The molecule has 2 aliphatic rings. The van der Waals surface area contributed by atoms with E-state index < -0.39 is 83.5 Å². The number of aliphatic hydroxyl groups excluding tert-OH is 4. The van der Waals surface area contributed by atoms with E-state index in [1.165, 1.54) is 38.5 Å². The minimum absolute atomic E-state index is 0.0476. The highest BCUT2D eigenvalue weighted by atomic mass is 31.2. The fourth-order valence-corrected chi connectivity index (χ4v) is 8.42. The number of hydrogen-bond donors (Lipinski definition) is 7. The first kappa shape index (κ1) is 59.5. The summed E-state index contributed by atoms with van der Waals surface area (Å²) in [5.41, 5.74) is 0. The van der Waals surface area contributed by atoms with Gasteiger partial charge in [-0.05, 0) is 83.5 Å². The summed E-state index contributed by atoms with van der Waals surface area (Å²) < 4.78 is 55.0. The van der Waals surface area contributed by atoms with E-state index in [2.05, 4.69) is 73.1 Å². The standard InChI is InChI=1S/C47H78O17P2/c1-3-5-7-8-9-10-11-12-13-14-15-19-22-25-29-33-40(48)59-35-37(36-60-66(57,58)64-47-44(52)42(50)43(51)46(45(47)53)63-65(54,55)56)61-41(49)34-30-26-23-20-17-16-18-21-24-28-32-39-38(62-39)31-27-6-4-2/h9-10,12-13,15-16,18-20,23-24,28,37-39,42-47,50-53H,3-8,11,14,17,21-22,25-27,29-36H2,1-2H3,(H,57,58)(H2,54,55,56)/b10-9-,13-12-,18-16-,19-15-,23-20-,28-24-/t37-,38?,39?,42?,43?,44?,45?,46-,47+/m1/s1. The molecule has 0 bridgehead atoms. The van der Waals surface area contributed by atoms with E-state index in [1.807, 2.05) is 18.2 Å². The molecule has 1 saturated heterocycles. The van der Waals surface area contributed by atoms with E-state index in [0.29, 0.717) is 37.9 Å². The van der Waals surface area contributed by atoms with E-state index in [-0.39, 0.29) is 12.8 Å². The Kier molecular flexibility index (Phi) is 31.2. The Labute approximate surface area is 391 Å². The largest absolute Gasteiger partial charge is 0.472 e. The van der Waals surface area contributed by atoms with Crippen molar-refractivity contribution in [3.05, 3.63) is 72.9 Å². The average molecular weight is 977 g/mol.